The van der Waals surface area contributed by atoms with E-state index in [1.165, 1.54) is 0 Å². The predicted molar refractivity (Wildman–Crippen MR) is 61.0 cm³/mol. The maximum Gasteiger partial charge on any atom is 0.306 e. The fraction of sp³-hybridized carbons (Fsp3) is 0.833. The topological polar surface area (TPSA) is 66.4 Å². The number of hydrogen-bond donors (Lipinski definition) is 2. The molecule has 0 heterocycles. The summed E-state index contributed by atoms with van der Waals surface area (Å²) in [5, 5.41) is 11.9. The lowest BCUT2D eigenvalue weighted by Gasteiger charge is -2.28. The number of carbonyl (C=O) groups excluding carboxylic acids is 1. The maximum absolute atomic E-state index is 11.3. The van der Waals surface area contributed by atoms with Gasteiger partial charge >= 0.3 is 5.97 Å². The van der Waals surface area contributed by atoms with E-state index in [2.05, 4.69) is 5.32 Å². The third-order valence-electron chi connectivity index (χ3n) is 3.26. The fourth-order valence-corrected chi connectivity index (χ4v) is 2.34. The fourth-order valence-electron chi connectivity index (χ4n) is 2.34. The van der Waals surface area contributed by atoms with Crippen LogP contribution in [0.3, 0.4) is 0 Å². The number of hydrogen-bond acceptors (Lipinski definition) is 2. The molecule has 4 nitrogen and oxygen atoms in total. The van der Waals surface area contributed by atoms with Gasteiger partial charge in [-0.25, -0.2) is 0 Å². The molecule has 0 aliphatic heterocycles. The van der Waals surface area contributed by atoms with E-state index in [4.69, 9.17) is 5.11 Å². The molecule has 92 valence electrons. The summed E-state index contributed by atoms with van der Waals surface area (Å²) in [5.74, 6) is -0.825. The van der Waals surface area contributed by atoms with Crippen LogP contribution >= 0.6 is 0 Å². The van der Waals surface area contributed by atoms with Gasteiger partial charge in [-0.05, 0) is 25.2 Å². The average Bonchev–Trinajstić information content (AvgIpc) is 2.27. The van der Waals surface area contributed by atoms with E-state index in [0.29, 0.717) is 13.0 Å². The summed E-state index contributed by atoms with van der Waals surface area (Å²) in [7, 11) is 0. The molecule has 0 saturated heterocycles. The normalized spacial score (nSPS) is 25.1. The Kier molecular flexibility index (Phi) is 5.29. The van der Waals surface area contributed by atoms with Crippen LogP contribution in [0, 0.1) is 11.8 Å². The van der Waals surface area contributed by atoms with E-state index >= 15 is 0 Å². The number of aliphatic carboxylic acids is 1. The molecule has 16 heavy (non-hydrogen) atoms. The lowest BCUT2D eigenvalue weighted by molar-refractivity contribution is -0.145. The number of rotatable bonds is 5. The molecule has 1 fully saturated rings. The lowest BCUT2D eigenvalue weighted by Crippen LogP contribution is -2.37. The van der Waals surface area contributed by atoms with Crippen molar-refractivity contribution in [1.82, 2.24) is 5.32 Å². The van der Waals surface area contributed by atoms with Crippen molar-refractivity contribution in [2.45, 2.75) is 45.4 Å². The molecule has 0 aromatic carbocycles. The molecule has 0 unspecified atom stereocenters. The first-order chi connectivity index (χ1) is 7.65. The van der Waals surface area contributed by atoms with E-state index in [-0.39, 0.29) is 17.7 Å². The molecule has 2 N–H and O–H groups in total. The van der Waals surface area contributed by atoms with Crippen LogP contribution in [0.1, 0.15) is 45.4 Å². The molecule has 0 radical (unpaired) electrons. The smallest absolute Gasteiger partial charge is 0.306 e. The van der Waals surface area contributed by atoms with Crippen LogP contribution in [0.25, 0.3) is 0 Å². The third-order valence-corrected chi connectivity index (χ3v) is 3.26. The molecule has 0 aromatic rings. The summed E-state index contributed by atoms with van der Waals surface area (Å²) >= 11 is 0. The highest BCUT2D eigenvalue weighted by molar-refractivity contribution is 5.76. The molecule has 4 heteroatoms. The van der Waals surface area contributed by atoms with Crippen LogP contribution in [-0.2, 0) is 9.59 Å². The van der Waals surface area contributed by atoms with E-state index in [0.717, 1.165) is 32.1 Å². The summed E-state index contributed by atoms with van der Waals surface area (Å²) < 4.78 is 0. The number of nitrogens with one attached hydrogen (secondary N) is 1. The zero-order chi connectivity index (χ0) is 12.0. The van der Waals surface area contributed by atoms with E-state index in [9.17, 15) is 9.59 Å². The van der Waals surface area contributed by atoms with Crippen molar-refractivity contribution in [1.29, 1.82) is 0 Å². The first-order valence-electron chi connectivity index (χ1n) is 6.14. The molecule has 0 aromatic heterocycles. The van der Waals surface area contributed by atoms with Gasteiger partial charge in [0, 0.05) is 13.0 Å². The molecular formula is C12H21NO3. The number of carboxylic acid groups (broad SMARTS) is 1. The van der Waals surface area contributed by atoms with Gasteiger partial charge in [0.05, 0.1) is 5.92 Å². The van der Waals surface area contributed by atoms with Crippen molar-refractivity contribution in [3.63, 3.8) is 0 Å². The van der Waals surface area contributed by atoms with Crippen molar-refractivity contribution in [3.8, 4) is 0 Å². The summed E-state index contributed by atoms with van der Waals surface area (Å²) in [6.45, 7) is 2.48. The zero-order valence-corrected chi connectivity index (χ0v) is 9.87. The molecule has 1 aliphatic carbocycles. The van der Waals surface area contributed by atoms with Gasteiger partial charge in [-0.2, -0.15) is 0 Å². The summed E-state index contributed by atoms with van der Waals surface area (Å²) in [5.41, 5.74) is 0. The van der Waals surface area contributed by atoms with Gasteiger partial charge in [0.1, 0.15) is 0 Å². The van der Waals surface area contributed by atoms with Gasteiger partial charge in [-0.1, -0.05) is 19.8 Å². The van der Waals surface area contributed by atoms with E-state index in [1.807, 2.05) is 6.92 Å². The van der Waals surface area contributed by atoms with Gasteiger partial charge in [0.25, 0.3) is 0 Å². The molecule has 0 spiro atoms. The highest BCUT2D eigenvalue weighted by Crippen LogP contribution is 2.29. The Labute approximate surface area is 96.4 Å². The van der Waals surface area contributed by atoms with Crippen molar-refractivity contribution in [2.75, 3.05) is 6.54 Å². The minimum absolute atomic E-state index is 0.0391. The standard InChI is InChI=1S/C12H21NO3/c1-2-5-11(14)13-8-9-6-3-4-7-10(9)12(15)16/h9-10H,2-8H2,1H3,(H,13,14)(H,15,16)/t9-,10-/m0/s1. The predicted octanol–water partition coefficient (Wildman–Crippen LogP) is 1.79. The van der Waals surface area contributed by atoms with Crippen molar-refractivity contribution in [3.05, 3.63) is 0 Å². The molecule has 1 aliphatic rings. The Hall–Kier alpha value is -1.06. The van der Waals surface area contributed by atoms with Crippen LogP contribution in [0.4, 0.5) is 0 Å². The highest BCUT2D eigenvalue weighted by Gasteiger charge is 2.30. The molecular weight excluding hydrogens is 206 g/mol. The number of carbonyl (C=O) groups is 2. The summed E-state index contributed by atoms with van der Waals surface area (Å²) in [4.78, 5) is 22.3. The number of carboxylic acids is 1. The minimum Gasteiger partial charge on any atom is -0.481 e. The minimum atomic E-state index is -0.713. The van der Waals surface area contributed by atoms with Crippen LogP contribution < -0.4 is 5.32 Å². The maximum atomic E-state index is 11.3. The largest absolute Gasteiger partial charge is 0.481 e. The Morgan fingerprint density at radius 1 is 1.31 bits per heavy atom. The molecule has 0 bridgehead atoms. The van der Waals surface area contributed by atoms with Crippen LogP contribution in [-0.4, -0.2) is 23.5 Å². The van der Waals surface area contributed by atoms with Gasteiger partial charge in [-0.15, -0.1) is 0 Å². The second kappa shape index (κ2) is 6.51. The second-order valence-electron chi connectivity index (χ2n) is 4.54. The highest BCUT2D eigenvalue weighted by atomic mass is 16.4. The monoisotopic (exact) mass is 227 g/mol. The Balaban J connectivity index is 2.38. The van der Waals surface area contributed by atoms with Crippen LogP contribution in [0.5, 0.6) is 0 Å². The van der Waals surface area contributed by atoms with Gasteiger partial charge < -0.3 is 10.4 Å². The van der Waals surface area contributed by atoms with Gasteiger partial charge in [0.2, 0.25) is 5.91 Å². The van der Waals surface area contributed by atoms with Gasteiger partial charge in [-0.3, -0.25) is 9.59 Å². The van der Waals surface area contributed by atoms with E-state index < -0.39 is 5.97 Å². The van der Waals surface area contributed by atoms with Gasteiger partial charge in [0.15, 0.2) is 0 Å². The molecule has 1 amide bonds. The van der Waals surface area contributed by atoms with Crippen molar-refractivity contribution >= 4 is 11.9 Å². The Bertz CT molecular complexity index is 253. The van der Waals surface area contributed by atoms with E-state index in [1.54, 1.807) is 0 Å². The first kappa shape index (κ1) is 13.0. The summed E-state index contributed by atoms with van der Waals surface area (Å²) in [6.07, 6.45) is 5.12. The van der Waals surface area contributed by atoms with Crippen molar-refractivity contribution in [2.24, 2.45) is 11.8 Å². The average molecular weight is 227 g/mol. The first-order valence-corrected chi connectivity index (χ1v) is 6.14. The number of amides is 1. The Morgan fingerprint density at radius 3 is 2.62 bits per heavy atom. The summed E-state index contributed by atoms with van der Waals surface area (Å²) in [6, 6.07) is 0. The third kappa shape index (κ3) is 3.83. The molecule has 1 saturated carbocycles. The molecule has 1 rings (SSSR count). The Morgan fingerprint density at radius 2 is 2.00 bits per heavy atom. The lowest BCUT2D eigenvalue weighted by atomic mass is 9.79. The zero-order valence-electron chi connectivity index (χ0n) is 9.87. The SMILES string of the molecule is CCCC(=O)NC[C@@H]1CCCC[C@@H]1C(=O)O. The molecule has 2 atom stereocenters. The van der Waals surface area contributed by atoms with Crippen molar-refractivity contribution < 1.29 is 14.7 Å². The second-order valence-corrected chi connectivity index (χ2v) is 4.54. The quantitative estimate of drug-likeness (QED) is 0.752. The van der Waals surface area contributed by atoms with Crippen LogP contribution in [0.15, 0.2) is 0 Å². The van der Waals surface area contributed by atoms with Crippen LogP contribution in [0.2, 0.25) is 0 Å².